The molecule has 0 aliphatic heterocycles. The molecule has 0 radical (unpaired) electrons. The Hall–Kier alpha value is -0.260. The fraction of sp³-hybridized carbons (Fsp3) is 0.818. The summed E-state index contributed by atoms with van der Waals surface area (Å²) in [6.07, 6.45) is 1.41. The zero-order valence-corrected chi connectivity index (χ0v) is 8.02. The van der Waals surface area contributed by atoms with Crippen molar-refractivity contribution in [3.63, 3.8) is 0 Å². The molecule has 0 saturated heterocycles. The fourth-order valence-electron chi connectivity index (χ4n) is 3.08. The van der Waals surface area contributed by atoms with Gasteiger partial charge in [0.1, 0.15) is 0 Å². The molecule has 0 aromatic rings. The maximum atomic E-state index is 2.42. The van der Waals surface area contributed by atoms with E-state index in [1.54, 1.807) is 11.1 Å². The summed E-state index contributed by atoms with van der Waals surface area (Å²) in [6.45, 7) is 9.55. The van der Waals surface area contributed by atoms with Crippen molar-refractivity contribution in [2.75, 3.05) is 0 Å². The van der Waals surface area contributed by atoms with E-state index >= 15 is 0 Å². The molecule has 2 rings (SSSR count). The average molecular weight is 150 g/mol. The lowest BCUT2D eigenvalue weighted by Crippen LogP contribution is -2.20. The lowest BCUT2D eigenvalue weighted by Gasteiger charge is -2.28. The van der Waals surface area contributed by atoms with Crippen LogP contribution in [0.15, 0.2) is 11.1 Å². The molecule has 0 aromatic carbocycles. The molecule has 0 heteroatoms. The van der Waals surface area contributed by atoms with E-state index in [9.17, 15) is 0 Å². The second-order valence-electron chi connectivity index (χ2n) is 4.51. The van der Waals surface area contributed by atoms with Crippen LogP contribution in [0.3, 0.4) is 0 Å². The Morgan fingerprint density at radius 3 is 2.18 bits per heavy atom. The first-order chi connectivity index (χ1) is 5.13. The average Bonchev–Trinajstić information content (AvgIpc) is 2.40. The minimum absolute atomic E-state index is 0.885. The molecule has 0 spiro atoms. The van der Waals surface area contributed by atoms with E-state index in [2.05, 4.69) is 27.7 Å². The molecule has 4 unspecified atom stereocenters. The van der Waals surface area contributed by atoms with Crippen LogP contribution < -0.4 is 0 Å². The highest BCUT2D eigenvalue weighted by atomic mass is 14.5. The fourth-order valence-corrected chi connectivity index (χ4v) is 3.08. The highest BCUT2D eigenvalue weighted by Crippen LogP contribution is 2.53. The van der Waals surface area contributed by atoms with Gasteiger partial charge in [0.25, 0.3) is 0 Å². The van der Waals surface area contributed by atoms with Crippen LogP contribution in [0.2, 0.25) is 0 Å². The molecule has 0 amide bonds. The number of rotatable bonds is 0. The van der Waals surface area contributed by atoms with Gasteiger partial charge in [-0.2, -0.15) is 0 Å². The van der Waals surface area contributed by atoms with Gasteiger partial charge in [-0.1, -0.05) is 31.9 Å². The molecule has 2 aliphatic rings. The third kappa shape index (κ3) is 0.758. The second-order valence-corrected chi connectivity index (χ2v) is 4.51. The minimum atomic E-state index is 0.885. The lowest BCUT2D eigenvalue weighted by molar-refractivity contribution is 0.287. The van der Waals surface area contributed by atoms with Crippen molar-refractivity contribution in [1.29, 1.82) is 0 Å². The van der Waals surface area contributed by atoms with Gasteiger partial charge in [0.05, 0.1) is 0 Å². The summed E-state index contributed by atoms with van der Waals surface area (Å²) in [4.78, 5) is 0. The lowest BCUT2D eigenvalue weighted by atomic mass is 9.77. The van der Waals surface area contributed by atoms with Crippen LogP contribution in [0.25, 0.3) is 0 Å². The van der Waals surface area contributed by atoms with Crippen molar-refractivity contribution in [2.24, 2.45) is 23.7 Å². The van der Waals surface area contributed by atoms with Gasteiger partial charge < -0.3 is 0 Å². The number of hydrogen-bond donors (Lipinski definition) is 0. The van der Waals surface area contributed by atoms with Gasteiger partial charge >= 0.3 is 0 Å². The molecule has 0 aromatic heterocycles. The van der Waals surface area contributed by atoms with E-state index < -0.39 is 0 Å². The zero-order chi connectivity index (χ0) is 8.17. The number of hydrogen-bond acceptors (Lipinski definition) is 0. The Balaban J connectivity index is 2.39. The van der Waals surface area contributed by atoms with E-state index in [4.69, 9.17) is 0 Å². The van der Waals surface area contributed by atoms with Crippen LogP contribution in [-0.2, 0) is 0 Å². The molecule has 2 bridgehead atoms. The Bertz CT molecular complexity index is 212. The summed E-state index contributed by atoms with van der Waals surface area (Å²) in [5, 5.41) is 0. The van der Waals surface area contributed by atoms with E-state index in [-0.39, 0.29) is 0 Å². The second kappa shape index (κ2) is 2.12. The summed E-state index contributed by atoms with van der Waals surface area (Å²) < 4.78 is 0. The van der Waals surface area contributed by atoms with E-state index in [1.165, 1.54) is 6.42 Å². The summed E-state index contributed by atoms with van der Waals surface area (Å²) in [5.41, 5.74) is 3.50. The highest BCUT2D eigenvalue weighted by Gasteiger charge is 2.43. The van der Waals surface area contributed by atoms with Crippen molar-refractivity contribution in [2.45, 2.75) is 34.1 Å². The minimum Gasteiger partial charge on any atom is -0.0707 e. The van der Waals surface area contributed by atoms with Gasteiger partial charge in [0, 0.05) is 0 Å². The molecule has 1 saturated carbocycles. The Labute approximate surface area is 69.7 Å². The first kappa shape index (κ1) is 7.39. The molecule has 0 N–H and O–H groups in total. The molecule has 11 heavy (non-hydrogen) atoms. The van der Waals surface area contributed by atoms with Gasteiger partial charge in [-0.25, -0.2) is 0 Å². The summed E-state index contributed by atoms with van der Waals surface area (Å²) in [6, 6.07) is 0. The predicted molar refractivity (Wildman–Crippen MR) is 48.3 cm³/mol. The van der Waals surface area contributed by atoms with Crippen molar-refractivity contribution in [1.82, 2.24) is 0 Å². The number of fused-ring (bicyclic) bond motifs is 2. The van der Waals surface area contributed by atoms with Crippen molar-refractivity contribution in [3.05, 3.63) is 11.1 Å². The van der Waals surface area contributed by atoms with Gasteiger partial charge in [0.2, 0.25) is 0 Å². The zero-order valence-electron chi connectivity index (χ0n) is 8.02. The third-order valence-electron chi connectivity index (χ3n) is 4.30. The Morgan fingerprint density at radius 1 is 1.09 bits per heavy atom. The monoisotopic (exact) mass is 150 g/mol. The Morgan fingerprint density at radius 2 is 1.73 bits per heavy atom. The first-order valence-corrected chi connectivity index (χ1v) is 4.82. The van der Waals surface area contributed by atoms with E-state index in [1.807, 2.05) is 0 Å². The van der Waals surface area contributed by atoms with Crippen molar-refractivity contribution in [3.8, 4) is 0 Å². The Kier molecular flexibility index (Phi) is 1.42. The van der Waals surface area contributed by atoms with Gasteiger partial charge in [-0.3, -0.25) is 0 Å². The molecular weight excluding hydrogens is 132 g/mol. The summed E-state index contributed by atoms with van der Waals surface area (Å²) in [7, 11) is 0. The van der Waals surface area contributed by atoms with Gasteiger partial charge in [-0.05, 0) is 37.0 Å². The van der Waals surface area contributed by atoms with Crippen LogP contribution in [-0.4, -0.2) is 0 Å². The predicted octanol–water partition coefficient (Wildman–Crippen LogP) is 3.24. The number of allylic oxidation sites excluding steroid dienone is 2. The van der Waals surface area contributed by atoms with E-state index in [0.717, 1.165) is 23.7 Å². The van der Waals surface area contributed by atoms with Crippen molar-refractivity contribution >= 4 is 0 Å². The van der Waals surface area contributed by atoms with Crippen LogP contribution in [0.5, 0.6) is 0 Å². The van der Waals surface area contributed by atoms with Gasteiger partial charge in [0.15, 0.2) is 0 Å². The van der Waals surface area contributed by atoms with E-state index in [0.29, 0.717) is 0 Å². The quantitative estimate of drug-likeness (QED) is 0.465. The molecule has 4 atom stereocenters. The maximum absolute atomic E-state index is 2.42. The largest absolute Gasteiger partial charge is 0.0707 e. The summed E-state index contributed by atoms with van der Waals surface area (Å²) in [5.74, 6) is 3.70. The maximum Gasteiger partial charge on any atom is -0.0197 e. The topological polar surface area (TPSA) is 0 Å². The normalized spacial score (nSPS) is 49.1. The molecule has 1 fully saturated rings. The van der Waals surface area contributed by atoms with Crippen LogP contribution in [0.1, 0.15) is 34.1 Å². The van der Waals surface area contributed by atoms with Crippen molar-refractivity contribution < 1.29 is 0 Å². The van der Waals surface area contributed by atoms with Crippen LogP contribution >= 0.6 is 0 Å². The molecular formula is C11H18. The SMILES string of the molecule is CC1=C2CC(C1C)C(C)C2C. The molecule has 62 valence electrons. The molecule has 2 aliphatic carbocycles. The van der Waals surface area contributed by atoms with Crippen LogP contribution in [0.4, 0.5) is 0 Å². The molecule has 0 heterocycles. The first-order valence-electron chi connectivity index (χ1n) is 4.82. The highest BCUT2D eigenvalue weighted by molar-refractivity contribution is 5.30. The summed E-state index contributed by atoms with van der Waals surface area (Å²) >= 11 is 0. The standard InChI is InChI=1S/C11H18/c1-6-7(2)11-5-10(6)8(3)9(11)4/h6-8,10H,5H2,1-4H3. The third-order valence-corrected chi connectivity index (χ3v) is 4.30. The molecule has 0 nitrogen and oxygen atoms in total. The smallest absolute Gasteiger partial charge is 0.0197 e. The van der Waals surface area contributed by atoms with Crippen LogP contribution in [0, 0.1) is 23.7 Å². The van der Waals surface area contributed by atoms with Gasteiger partial charge in [-0.15, -0.1) is 0 Å².